The molecule has 0 spiro atoms. The fourth-order valence-electron chi connectivity index (χ4n) is 0.434. The van der Waals surface area contributed by atoms with Gasteiger partial charge in [-0.3, -0.25) is 5.32 Å². The van der Waals surface area contributed by atoms with E-state index in [4.69, 9.17) is 34.8 Å². The highest BCUT2D eigenvalue weighted by atomic mass is 35.6. The molecule has 0 radical (unpaired) electrons. The third kappa shape index (κ3) is 11.8. The van der Waals surface area contributed by atoms with Crippen LogP contribution in [0, 0.1) is 0 Å². The van der Waals surface area contributed by atoms with Gasteiger partial charge in [0, 0.05) is 6.20 Å². The number of alkyl carbamates (subject to hydrolysis) is 1. The largest absolute Gasteiger partial charge is 0.445 e. The molecule has 0 aliphatic heterocycles. The van der Waals surface area contributed by atoms with Crippen molar-refractivity contribution in [2.45, 2.75) is 3.79 Å². The van der Waals surface area contributed by atoms with Crippen LogP contribution in [0.2, 0.25) is 0 Å². The van der Waals surface area contributed by atoms with Gasteiger partial charge in [0.2, 0.25) is 3.79 Å². The second-order valence-corrected chi connectivity index (χ2v) is 5.59. The third-order valence-corrected chi connectivity index (χ3v) is 1.88. The van der Waals surface area contributed by atoms with Crippen LogP contribution >= 0.6 is 46.6 Å². The van der Waals surface area contributed by atoms with Crippen LogP contribution in [0.1, 0.15) is 0 Å². The van der Waals surface area contributed by atoms with Gasteiger partial charge in [-0.05, 0) is 5.41 Å². The minimum atomic E-state index is -1.62. The molecule has 0 heterocycles. The van der Waals surface area contributed by atoms with E-state index in [-0.39, 0.29) is 6.61 Å². The Morgan fingerprint density at radius 3 is 2.67 bits per heavy atom. The Balaban J connectivity index is 3.57. The first-order valence-corrected chi connectivity index (χ1v) is 5.84. The first-order valence-electron chi connectivity index (χ1n) is 3.66. The Morgan fingerprint density at radius 1 is 1.47 bits per heavy atom. The zero-order valence-electron chi connectivity index (χ0n) is 7.41. The van der Waals surface area contributed by atoms with Crippen LogP contribution in [0.4, 0.5) is 4.79 Å². The van der Waals surface area contributed by atoms with Crippen molar-refractivity contribution in [2.24, 2.45) is 0 Å². The molecule has 4 nitrogen and oxygen atoms in total. The number of halogens is 3. The number of rotatable bonds is 5. The average molecular weight is 293 g/mol. The van der Waals surface area contributed by atoms with E-state index in [1.54, 1.807) is 0 Å². The first kappa shape index (κ1) is 14.9. The Hall–Kier alpha value is -0.100. The number of alkyl halides is 3. The summed E-state index contributed by atoms with van der Waals surface area (Å²) in [6.07, 6.45) is 1.34. The van der Waals surface area contributed by atoms with Crippen LogP contribution in [-0.4, -0.2) is 28.5 Å². The number of aldehydes is 1. The van der Waals surface area contributed by atoms with Gasteiger partial charge in [-0.15, -0.1) is 11.8 Å². The van der Waals surface area contributed by atoms with Gasteiger partial charge in [0.25, 0.3) is 0 Å². The molecule has 1 N–H and O–H groups in total. The standard InChI is InChI=1S/C7H8Cl3NO3S/c8-7(9,10)5-14-6(13)11-1-3-15-4-2-12/h1-3H,4-5H2,(H,11,13)/b3-1+. The number of carbonyl (C=O) groups excluding carboxylic acids is 2. The minimum absolute atomic E-state index is 0.321. The van der Waals surface area contributed by atoms with Crippen LogP contribution in [0.3, 0.4) is 0 Å². The fraction of sp³-hybridized carbons (Fsp3) is 0.429. The van der Waals surface area contributed by atoms with E-state index < -0.39 is 9.89 Å². The number of hydrogen-bond donors (Lipinski definition) is 1. The molecule has 0 fully saturated rings. The van der Waals surface area contributed by atoms with Gasteiger partial charge < -0.3 is 9.53 Å². The monoisotopic (exact) mass is 291 g/mol. The number of ether oxygens (including phenoxy) is 1. The Kier molecular flexibility index (Phi) is 8.04. The number of hydrogen-bond acceptors (Lipinski definition) is 4. The van der Waals surface area contributed by atoms with E-state index in [0.29, 0.717) is 5.75 Å². The highest BCUT2D eigenvalue weighted by molar-refractivity contribution is 8.02. The molecule has 8 heteroatoms. The summed E-state index contributed by atoms with van der Waals surface area (Å²) in [6.45, 7) is -0.335. The molecule has 0 saturated heterocycles. The van der Waals surface area contributed by atoms with Gasteiger partial charge in [-0.2, -0.15) is 0 Å². The van der Waals surface area contributed by atoms with Crippen LogP contribution < -0.4 is 5.32 Å². The topological polar surface area (TPSA) is 55.4 Å². The van der Waals surface area contributed by atoms with Gasteiger partial charge in [0.1, 0.15) is 12.9 Å². The quantitative estimate of drug-likeness (QED) is 0.480. The van der Waals surface area contributed by atoms with Crippen molar-refractivity contribution in [3.05, 3.63) is 11.6 Å². The number of nitrogens with one attached hydrogen (secondary N) is 1. The summed E-state index contributed by atoms with van der Waals surface area (Å²) < 4.78 is 2.92. The van der Waals surface area contributed by atoms with E-state index in [2.05, 4.69) is 10.1 Å². The lowest BCUT2D eigenvalue weighted by Gasteiger charge is -2.10. The van der Waals surface area contributed by atoms with Crippen LogP contribution in [0.15, 0.2) is 11.6 Å². The molecule has 0 saturated carbocycles. The third-order valence-electron chi connectivity index (χ3n) is 0.897. The van der Waals surface area contributed by atoms with Crippen molar-refractivity contribution in [2.75, 3.05) is 12.4 Å². The van der Waals surface area contributed by atoms with Gasteiger partial charge in [0.15, 0.2) is 0 Å². The maximum absolute atomic E-state index is 10.9. The zero-order chi connectivity index (χ0) is 11.7. The molecular weight excluding hydrogens is 285 g/mol. The van der Waals surface area contributed by atoms with Gasteiger partial charge in [-0.25, -0.2) is 4.79 Å². The van der Waals surface area contributed by atoms with E-state index >= 15 is 0 Å². The number of carbonyl (C=O) groups is 2. The number of amides is 1. The Morgan fingerprint density at radius 2 is 2.13 bits per heavy atom. The van der Waals surface area contributed by atoms with E-state index in [1.165, 1.54) is 23.4 Å². The predicted molar refractivity (Wildman–Crippen MR) is 62.4 cm³/mol. The molecule has 0 atom stereocenters. The summed E-state index contributed by atoms with van der Waals surface area (Å²) in [5.74, 6) is 0.321. The van der Waals surface area contributed by atoms with E-state index in [1.807, 2.05) is 0 Å². The van der Waals surface area contributed by atoms with Gasteiger partial charge >= 0.3 is 6.09 Å². The molecule has 0 aliphatic rings. The Labute approximate surface area is 106 Å². The smallest absolute Gasteiger partial charge is 0.411 e. The van der Waals surface area contributed by atoms with Gasteiger partial charge in [-0.1, -0.05) is 34.8 Å². The lowest BCUT2D eigenvalue weighted by Crippen LogP contribution is -2.24. The minimum Gasteiger partial charge on any atom is -0.445 e. The molecule has 0 aromatic rings. The summed E-state index contributed by atoms with van der Waals surface area (Å²) in [5, 5.41) is 3.79. The van der Waals surface area contributed by atoms with E-state index in [0.717, 1.165) is 6.29 Å². The maximum atomic E-state index is 10.9. The SMILES string of the molecule is O=CCS/C=C/NC(=O)OCC(Cl)(Cl)Cl. The highest BCUT2D eigenvalue weighted by Crippen LogP contribution is 2.25. The van der Waals surface area contributed by atoms with Gasteiger partial charge in [0.05, 0.1) is 5.75 Å². The first-order chi connectivity index (χ1) is 6.95. The summed E-state index contributed by atoms with van der Waals surface area (Å²) in [7, 11) is 0. The fourth-order valence-corrected chi connectivity index (χ4v) is 0.952. The molecule has 1 amide bonds. The van der Waals surface area contributed by atoms with Crippen molar-refractivity contribution in [1.29, 1.82) is 0 Å². The lowest BCUT2D eigenvalue weighted by molar-refractivity contribution is -0.105. The second-order valence-electron chi connectivity index (χ2n) is 2.14. The van der Waals surface area contributed by atoms with Crippen molar-refractivity contribution in [3.8, 4) is 0 Å². The normalized spacial score (nSPS) is 11.4. The van der Waals surface area contributed by atoms with E-state index in [9.17, 15) is 9.59 Å². The average Bonchev–Trinajstić information content (AvgIpc) is 2.13. The molecule has 0 bridgehead atoms. The molecule has 0 aliphatic carbocycles. The predicted octanol–water partition coefficient (Wildman–Crippen LogP) is 2.49. The maximum Gasteiger partial charge on any atom is 0.411 e. The molecular formula is C7H8Cl3NO3S. The highest BCUT2D eigenvalue weighted by Gasteiger charge is 2.21. The van der Waals surface area contributed by atoms with Crippen LogP contribution in [-0.2, 0) is 9.53 Å². The second kappa shape index (κ2) is 8.10. The van der Waals surface area contributed by atoms with Crippen LogP contribution in [0.5, 0.6) is 0 Å². The van der Waals surface area contributed by atoms with Crippen molar-refractivity contribution in [1.82, 2.24) is 5.32 Å². The molecule has 0 aromatic carbocycles. The summed E-state index contributed by atoms with van der Waals surface area (Å²) >= 11 is 17.3. The Bertz CT molecular complexity index is 242. The molecule has 0 rings (SSSR count). The molecule has 86 valence electrons. The summed E-state index contributed by atoms with van der Waals surface area (Å²) in [4.78, 5) is 20.8. The molecule has 0 unspecified atom stereocenters. The molecule has 0 aromatic heterocycles. The van der Waals surface area contributed by atoms with Crippen molar-refractivity contribution in [3.63, 3.8) is 0 Å². The molecule has 15 heavy (non-hydrogen) atoms. The van der Waals surface area contributed by atoms with Crippen molar-refractivity contribution >= 4 is 58.9 Å². The lowest BCUT2D eigenvalue weighted by atomic mass is 10.8. The summed E-state index contributed by atoms with van der Waals surface area (Å²) in [5.41, 5.74) is 0. The number of thioether (sulfide) groups is 1. The van der Waals surface area contributed by atoms with Crippen LogP contribution in [0.25, 0.3) is 0 Å². The zero-order valence-corrected chi connectivity index (χ0v) is 10.5. The summed E-state index contributed by atoms with van der Waals surface area (Å²) in [6, 6.07) is 0. The van der Waals surface area contributed by atoms with Crippen molar-refractivity contribution < 1.29 is 14.3 Å².